The van der Waals surface area contributed by atoms with Crippen LogP contribution in [0.2, 0.25) is 0 Å². The first-order chi connectivity index (χ1) is 11.2. The van der Waals surface area contributed by atoms with Crippen LogP contribution in [0.1, 0.15) is 56.8 Å². The molecule has 0 aliphatic carbocycles. The molecule has 0 unspecified atom stereocenters. The summed E-state index contributed by atoms with van der Waals surface area (Å²) < 4.78 is 18.3. The van der Waals surface area contributed by atoms with Gasteiger partial charge in [-0.1, -0.05) is 0 Å². The molecular weight excluding hydrogens is 309 g/mol. The number of ketones is 1. The summed E-state index contributed by atoms with van der Waals surface area (Å²) in [6.45, 7) is 6.92. The predicted molar refractivity (Wildman–Crippen MR) is 90.5 cm³/mol. The van der Waals surface area contributed by atoms with E-state index >= 15 is 0 Å². The molecule has 0 bridgehead atoms. The van der Waals surface area contributed by atoms with Gasteiger partial charge in [0.25, 0.3) is 0 Å². The normalized spacial score (nSPS) is 16.1. The number of nitrogens with zero attached hydrogens (tertiary/aromatic N) is 1. The monoisotopic (exact) mass is 335 g/mol. The van der Waals surface area contributed by atoms with Crippen molar-refractivity contribution in [3.05, 3.63) is 35.6 Å². The number of likely N-dealkylation sites (tertiary alicyclic amines) is 1. The van der Waals surface area contributed by atoms with Crippen LogP contribution >= 0.6 is 0 Å². The Morgan fingerprint density at radius 2 is 1.75 bits per heavy atom. The number of rotatable bonds is 4. The molecule has 1 heterocycles. The van der Waals surface area contributed by atoms with E-state index in [0.29, 0.717) is 31.0 Å². The van der Waals surface area contributed by atoms with Crippen LogP contribution in [0.25, 0.3) is 0 Å². The van der Waals surface area contributed by atoms with Gasteiger partial charge >= 0.3 is 6.09 Å². The number of hydrogen-bond donors (Lipinski definition) is 0. The standard InChI is InChI=1S/C19H26FNO3/c1-19(2,3)24-18(23)21-12-10-14(11-13-21)4-9-17(22)15-5-7-16(20)8-6-15/h5-8,14H,4,9-13H2,1-3H3. The quantitative estimate of drug-likeness (QED) is 0.764. The zero-order valence-corrected chi connectivity index (χ0v) is 14.7. The molecule has 0 N–H and O–H groups in total. The molecule has 1 aromatic carbocycles. The van der Waals surface area contributed by atoms with Crippen LogP contribution < -0.4 is 0 Å². The number of benzene rings is 1. The molecule has 0 atom stereocenters. The second-order valence-electron chi connectivity index (χ2n) is 7.38. The SMILES string of the molecule is CC(C)(C)OC(=O)N1CCC(CCC(=O)c2ccc(F)cc2)CC1. The molecule has 1 amide bonds. The number of hydrogen-bond acceptors (Lipinski definition) is 3. The summed E-state index contributed by atoms with van der Waals surface area (Å²) in [6, 6.07) is 5.69. The van der Waals surface area contributed by atoms with Gasteiger partial charge < -0.3 is 9.64 Å². The van der Waals surface area contributed by atoms with Crippen LogP contribution in [0.5, 0.6) is 0 Å². The highest BCUT2D eigenvalue weighted by atomic mass is 19.1. The van der Waals surface area contributed by atoms with Crippen molar-refractivity contribution < 1.29 is 18.7 Å². The summed E-state index contributed by atoms with van der Waals surface area (Å²) in [6.07, 6.45) is 2.77. The minimum atomic E-state index is -0.477. The smallest absolute Gasteiger partial charge is 0.410 e. The van der Waals surface area contributed by atoms with E-state index < -0.39 is 5.60 Å². The largest absolute Gasteiger partial charge is 0.444 e. The molecule has 1 saturated heterocycles. The van der Waals surface area contributed by atoms with Crippen molar-refractivity contribution in [2.45, 2.75) is 52.1 Å². The van der Waals surface area contributed by atoms with Gasteiger partial charge in [0.05, 0.1) is 0 Å². The van der Waals surface area contributed by atoms with Crippen LogP contribution in [0, 0.1) is 11.7 Å². The van der Waals surface area contributed by atoms with Crippen molar-refractivity contribution in [3.8, 4) is 0 Å². The maximum Gasteiger partial charge on any atom is 0.410 e. The minimum Gasteiger partial charge on any atom is -0.444 e. The van der Waals surface area contributed by atoms with Gasteiger partial charge in [0, 0.05) is 25.1 Å². The number of piperidine rings is 1. The third-order valence-corrected chi connectivity index (χ3v) is 4.21. The number of carbonyl (C=O) groups is 2. The van der Waals surface area contributed by atoms with Crippen LogP contribution in [0.15, 0.2) is 24.3 Å². The number of Topliss-reactive ketones (excluding diaryl/α,β-unsaturated/α-hetero) is 1. The Morgan fingerprint density at radius 3 is 2.29 bits per heavy atom. The van der Waals surface area contributed by atoms with Crippen molar-refractivity contribution in [3.63, 3.8) is 0 Å². The highest BCUT2D eigenvalue weighted by Crippen LogP contribution is 2.24. The Labute approximate surface area is 143 Å². The first-order valence-electron chi connectivity index (χ1n) is 8.51. The third-order valence-electron chi connectivity index (χ3n) is 4.21. The predicted octanol–water partition coefficient (Wildman–Crippen LogP) is 4.44. The van der Waals surface area contributed by atoms with Gasteiger partial charge in [0.2, 0.25) is 0 Å². The molecule has 1 aliphatic heterocycles. The molecule has 1 fully saturated rings. The van der Waals surface area contributed by atoms with Gasteiger partial charge in [0.1, 0.15) is 11.4 Å². The van der Waals surface area contributed by atoms with Gasteiger partial charge in [-0.3, -0.25) is 4.79 Å². The maximum atomic E-state index is 12.9. The second kappa shape index (κ2) is 7.77. The zero-order valence-electron chi connectivity index (χ0n) is 14.7. The fourth-order valence-corrected chi connectivity index (χ4v) is 2.85. The van der Waals surface area contributed by atoms with Crippen LogP contribution in [-0.4, -0.2) is 35.5 Å². The number of ether oxygens (including phenoxy) is 1. The summed E-state index contributed by atoms with van der Waals surface area (Å²) in [7, 11) is 0. The fourth-order valence-electron chi connectivity index (χ4n) is 2.85. The fraction of sp³-hybridized carbons (Fsp3) is 0.579. The lowest BCUT2D eigenvalue weighted by Gasteiger charge is -2.33. The first-order valence-corrected chi connectivity index (χ1v) is 8.51. The van der Waals surface area contributed by atoms with Gasteiger partial charge in [-0.2, -0.15) is 0 Å². The Balaban J connectivity index is 1.74. The van der Waals surface area contributed by atoms with Crippen LogP contribution in [0.4, 0.5) is 9.18 Å². The number of carbonyl (C=O) groups excluding carboxylic acids is 2. The molecule has 1 aliphatic rings. The lowest BCUT2D eigenvalue weighted by molar-refractivity contribution is 0.0180. The van der Waals surface area contributed by atoms with E-state index in [1.807, 2.05) is 20.8 Å². The zero-order chi connectivity index (χ0) is 17.7. The highest BCUT2D eigenvalue weighted by Gasteiger charge is 2.27. The average molecular weight is 335 g/mol. The van der Waals surface area contributed by atoms with Gasteiger partial charge in [0.15, 0.2) is 5.78 Å². The molecule has 0 spiro atoms. The van der Waals surface area contributed by atoms with Crippen molar-refractivity contribution in [2.75, 3.05) is 13.1 Å². The lowest BCUT2D eigenvalue weighted by atomic mass is 9.90. The van der Waals surface area contributed by atoms with Gasteiger partial charge in [-0.15, -0.1) is 0 Å². The molecule has 0 aromatic heterocycles. The molecule has 132 valence electrons. The Morgan fingerprint density at radius 1 is 1.17 bits per heavy atom. The third kappa shape index (κ3) is 5.62. The van der Waals surface area contributed by atoms with Crippen molar-refractivity contribution in [2.24, 2.45) is 5.92 Å². The molecular formula is C19H26FNO3. The van der Waals surface area contributed by atoms with Gasteiger partial charge in [-0.25, -0.2) is 9.18 Å². The summed E-state index contributed by atoms with van der Waals surface area (Å²) in [5, 5.41) is 0. The summed E-state index contributed by atoms with van der Waals surface area (Å²) in [5.41, 5.74) is 0.0813. The minimum absolute atomic E-state index is 0.0459. The van der Waals surface area contributed by atoms with E-state index in [0.717, 1.165) is 19.3 Å². The Hall–Kier alpha value is -1.91. The van der Waals surface area contributed by atoms with Crippen molar-refractivity contribution in [1.29, 1.82) is 0 Å². The van der Waals surface area contributed by atoms with E-state index in [4.69, 9.17) is 4.74 Å². The maximum absolute atomic E-state index is 12.9. The molecule has 1 aromatic rings. The molecule has 4 nitrogen and oxygen atoms in total. The van der Waals surface area contributed by atoms with E-state index in [1.165, 1.54) is 24.3 Å². The second-order valence-corrected chi connectivity index (χ2v) is 7.38. The van der Waals surface area contributed by atoms with E-state index in [-0.39, 0.29) is 17.7 Å². The average Bonchev–Trinajstić information content (AvgIpc) is 2.52. The molecule has 2 rings (SSSR count). The van der Waals surface area contributed by atoms with E-state index in [2.05, 4.69) is 0 Å². The molecule has 0 saturated carbocycles. The highest BCUT2D eigenvalue weighted by molar-refractivity contribution is 5.95. The summed E-state index contributed by atoms with van der Waals surface area (Å²) >= 11 is 0. The summed E-state index contributed by atoms with van der Waals surface area (Å²) in [4.78, 5) is 25.9. The lowest BCUT2D eigenvalue weighted by Crippen LogP contribution is -2.41. The van der Waals surface area contributed by atoms with E-state index in [1.54, 1.807) is 4.90 Å². The van der Waals surface area contributed by atoms with Gasteiger partial charge in [-0.05, 0) is 70.2 Å². The first kappa shape index (κ1) is 18.4. The summed E-state index contributed by atoms with van der Waals surface area (Å²) in [5.74, 6) is 0.152. The van der Waals surface area contributed by atoms with Crippen LogP contribution in [0.3, 0.4) is 0 Å². The van der Waals surface area contributed by atoms with E-state index in [9.17, 15) is 14.0 Å². The molecule has 5 heteroatoms. The topological polar surface area (TPSA) is 46.6 Å². The number of amides is 1. The molecule has 0 radical (unpaired) electrons. The van der Waals surface area contributed by atoms with Crippen LogP contribution in [-0.2, 0) is 4.74 Å². The Bertz CT molecular complexity index is 569. The van der Waals surface area contributed by atoms with Crippen molar-refractivity contribution >= 4 is 11.9 Å². The number of halogens is 1. The van der Waals surface area contributed by atoms with Crippen molar-refractivity contribution in [1.82, 2.24) is 4.90 Å². The molecule has 24 heavy (non-hydrogen) atoms. The Kier molecular flexibility index (Phi) is 5.97.